The van der Waals surface area contributed by atoms with Crippen LogP contribution in [0.1, 0.15) is 5.69 Å². The molecule has 1 fully saturated rings. The van der Waals surface area contributed by atoms with E-state index in [4.69, 9.17) is 5.11 Å². The van der Waals surface area contributed by atoms with Gasteiger partial charge in [0, 0.05) is 25.5 Å². The van der Waals surface area contributed by atoms with Crippen molar-refractivity contribution in [3.63, 3.8) is 0 Å². The Morgan fingerprint density at radius 2 is 2.00 bits per heavy atom. The molecule has 2 heterocycles. The molecule has 104 valence electrons. The first-order chi connectivity index (χ1) is 8.80. The van der Waals surface area contributed by atoms with Gasteiger partial charge in [0.2, 0.25) is 0 Å². The third-order valence-corrected chi connectivity index (χ3v) is 3.21. The highest BCUT2D eigenvalue weighted by molar-refractivity contribution is 5.72. The Morgan fingerprint density at radius 3 is 2.47 bits per heavy atom. The lowest BCUT2D eigenvalue weighted by atomic mass is 9.96. The Balaban J connectivity index is 2.28. The van der Waals surface area contributed by atoms with Crippen LogP contribution in [-0.4, -0.2) is 40.3 Å². The van der Waals surface area contributed by atoms with Crippen LogP contribution in [0.4, 0.5) is 19.0 Å². The number of rotatable bonds is 2. The van der Waals surface area contributed by atoms with Crippen LogP contribution >= 0.6 is 0 Å². The van der Waals surface area contributed by atoms with Gasteiger partial charge >= 0.3 is 12.1 Å². The van der Waals surface area contributed by atoms with Gasteiger partial charge in [0.05, 0.1) is 17.5 Å². The van der Waals surface area contributed by atoms with E-state index in [1.54, 1.807) is 6.92 Å². The largest absolute Gasteiger partial charge is 0.481 e. The maximum Gasteiger partial charge on any atom is 0.394 e. The summed E-state index contributed by atoms with van der Waals surface area (Å²) in [4.78, 5) is 20.2. The molecule has 19 heavy (non-hydrogen) atoms. The molecule has 0 unspecified atom stereocenters. The predicted octanol–water partition coefficient (Wildman–Crippen LogP) is 1.48. The second-order valence-electron chi connectivity index (χ2n) is 4.46. The zero-order valence-electron chi connectivity index (χ0n) is 10.1. The summed E-state index contributed by atoms with van der Waals surface area (Å²) in [6.45, 7) is 1.01. The first kappa shape index (κ1) is 13.6. The zero-order chi connectivity index (χ0) is 14.2. The molecule has 1 aliphatic rings. The average molecular weight is 275 g/mol. The van der Waals surface area contributed by atoms with Gasteiger partial charge in [-0.25, -0.2) is 4.98 Å². The van der Waals surface area contributed by atoms with Gasteiger partial charge < -0.3 is 10.0 Å². The highest BCUT2D eigenvalue weighted by Gasteiger charge is 2.53. The van der Waals surface area contributed by atoms with E-state index in [2.05, 4.69) is 9.97 Å². The normalized spacial score (nSPS) is 23.7. The molecule has 1 aliphatic heterocycles. The molecule has 1 aromatic heterocycles. The number of aromatic nitrogens is 2. The molecule has 2 atom stereocenters. The highest BCUT2D eigenvalue weighted by atomic mass is 19.4. The van der Waals surface area contributed by atoms with E-state index in [0.29, 0.717) is 11.5 Å². The van der Waals surface area contributed by atoms with Gasteiger partial charge in [0.15, 0.2) is 0 Å². The van der Waals surface area contributed by atoms with Gasteiger partial charge in [-0.2, -0.15) is 13.2 Å². The molecule has 0 aromatic carbocycles. The number of aliphatic carboxylic acids is 1. The van der Waals surface area contributed by atoms with E-state index < -0.39 is 30.5 Å². The lowest BCUT2D eigenvalue weighted by Crippen LogP contribution is -2.33. The van der Waals surface area contributed by atoms with Crippen molar-refractivity contribution in [2.24, 2.45) is 11.8 Å². The smallest absolute Gasteiger partial charge is 0.394 e. The summed E-state index contributed by atoms with van der Waals surface area (Å²) >= 11 is 0. The topological polar surface area (TPSA) is 66.3 Å². The molecular weight excluding hydrogens is 263 g/mol. The number of halogens is 3. The fourth-order valence-electron chi connectivity index (χ4n) is 2.27. The van der Waals surface area contributed by atoms with E-state index >= 15 is 0 Å². The van der Waals surface area contributed by atoms with Crippen LogP contribution < -0.4 is 4.90 Å². The first-order valence-corrected chi connectivity index (χ1v) is 5.62. The van der Waals surface area contributed by atoms with Crippen molar-refractivity contribution in [1.29, 1.82) is 0 Å². The number of anilines is 1. The molecule has 1 saturated heterocycles. The SMILES string of the molecule is Cc1nccnc1N1C[C@@H](C(F)(F)F)[C@H](C(=O)O)C1. The Hall–Kier alpha value is -1.86. The summed E-state index contributed by atoms with van der Waals surface area (Å²) in [5.74, 6) is -4.49. The van der Waals surface area contributed by atoms with Gasteiger partial charge in [-0.05, 0) is 6.92 Å². The standard InChI is InChI=1S/C11H12F3N3O2/c1-6-9(16-3-2-15-6)17-4-7(10(18)19)8(5-17)11(12,13)14/h2-3,7-8H,4-5H2,1H3,(H,18,19)/t7-,8-/m1/s1. The molecule has 0 saturated carbocycles. The van der Waals surface area contributed by atoms with Crippen molar-refractivity contribution in [2.75, 3.05) is 18.0 Å². The summed E-state index contributed by atoms with van der Waals surface area (Å²) in [5.41, 5.74) is 0.481. The maximum absolute atomic E-state index is 12.8. The second kappa shape index (κ2) is 4.67. The molecule has 5 nitrogen and oxygen atoms in total. The number of carboxylic acids is 1. The molecule has 2 rings (SSSR count). The summed E-state index contributed by atoms with van der Waals surface area (Å²) in [5, 5.41) is 8.92. The Labute approximate surface area is 107 Å². The monoisotopic (exact) mass is 275 g/mol. The van der Waals surface area contributed by atoms with Gasteiger partial charge in [-0.1, -0.05) is 0 Å². The van der Waals surface area contributed by atoms with Crippen LogP contribution in [0.15, 0.2) is 12.4 Å². The van der Waals surface area contributed by atoms with E-state index in [1.807, 2.05) is 0 Å². The molecule has 1 N–H and O–H groups in total. The van der Waals surface area contributed by atoms with Gasteiger partial charge in [0.25, 0.3) is 0 Å². The van der Waals surface area contributed by atoms with E-state index in [0.717, 1.165) is 0 Å². The quantitative estimate of drug-likeness (QED) is 0.885. The zero-order valence-corrected chi connectivity index (χ0v) is 10.1. The molecule has 0 bridgehead atoms. The van der Waals surface area contributed by atoms with Crippen molar-refractivity contribution in [3.05, 3.63) is 18.1 Å². The van der Waals surface area contributed by atoms with E-state index in [1.165, 1.54) is 17.3 Å². The van der Waals surface area contributed by atoms with Crippen LogP contribution in [0.2, 0.25) is 0 Å². The third-order valence-electron chi connectivity index (χ3n) is 3.21. The molecular formula is C11H12F3N3O2. The summed E-state index contributed by atoms with van der Waals surface area (Å²) in [6.07, 6.45) is -1.72. The van der Waals surface area contributed by atoms with Crippen LogP contribution in [0.5, 0.6) is 0 Å². The van der Waals surface area contributed by atoms with Crippen molar-refractivity contribution >= 4 is 11.8 Å². The van der Waals surface area contributed by atoms with Crippen molar-refractivity contribution in [3.8, 4) is 0 Å². The van der Waals surface area contributed by atoms with Crippen LogP contribution in [0.25, 0.3) is 0 Å². The Morgan fingerprint density at radius 1 is 1.37 bits per heavy atom. The molecule has 0 aliphatic carbocycles. The van der Waals surface area contributed by atoms with Gasteiger partial charge in [-0.15, -0.1) is 0 Å². The lowest BCUT2D eigenvalue weighted by Gasteiger charge is -2.19. The fraction of sp³-hybridized carbons (Fsp3) is 0.545. The van der Waals surface area contributed by atoms with Gasteiger partial charge in [-0.3, -0.25) is 9.78 Å². The lowest BCUT2D eigenvalue weighted by molar-refractivity contribution is -0.187. The second-order valence-corrected chi connectivity index (χ2v) is 4.46. The maximum atomic E-state index is 12.8. The molecule has 1 aromatic rings. The summed E-state index contributed by atoms with van der Waals surface area (Å²) in [6, 6.07) is 0. The van der Waals surface area contributed by atoms with Crippen molar-refractivity contribution in [2.45, 2.75) is 13.1 Å². The van der Waals surface area contributed by atoms with E-state index in [9.17, 15) is 18.0 Å². The Kier molecular flexibility index (Phi) is 3.34. The van der Waals surface area contributed by atoms with Crippen molar-refractivity contribution in [1.82, 2.24) is 9.97 Å². The van der Waals surface area contributed by atoms with Gasteiger partial charge in [0.1, 0.15) is 5.82 Å². The fourth-order valence-corrected chi connectivity index (χ4v) is 2.27. The number of aryl methyl sites for hydroxylation is 1. The first-order valence-electron chi connectivity index (χ1n) is 5.62. The number of hydrogen-bond donors (Lipinski definition) is 1. The number of carboxylic acid groups (broad SMARTS) is 1. The minimum atomic E-state index is -4.53. The van der Waals surface area contributed by atoms with Crippen LogP contribution in [0.3, 0.4) is 0 Å². The molecule has 0 amide bonds. The minimum Gasteiger partial charge on any atom is -0.481 e. The number of nitrogens with zero attached hydrogens (tertiary/aromatic N) is 3. The number of alkyl halides is 3. The molecule has 8 heteroatoms. The summed E-state index contributed by atoms with van der Waals surface area (Å²) in [7, 11) is 0. The van der Waals surface area contributed by atoms with Crippen LogP contribution in [-0.2, 0) is 4.79 Å². The van der Waals surface area contributed by atoms with Crippen LogP contribution in [0, 0.1) is 18.8 Å². The van der Waals surface area contributed by atoms with E-state index in [-0.39, 0.29) is 6.54 Å². The predicted molar refractivity (Wildman–Crippen MR) is 59.7 cm³/mol. The minimum absolute atomic E-state index is 0.209. The van der Waals surface area contributed by atoms with Crippen molar-refractivity contribution < 1.29 is 23.1 Å². The average Bonchev–Trinajstić information content (AvgIpc) is 2.74. The highest BCUT2D eigenvalue weighted by Crippen LogP contribution is 2.39. The third kappa shape index (κ3) is 2.61. The molecule has 0 radical (unpaired) electrons. The Bertz CT molecular complexity index is 492. The summed E-state index contributed by atoms with van der Waals surface area (Å²) < 4.78 is 38.5. The number of hydrogen-bond acceptors (Lipinski definition) is 4. The number of carbonyl (C=O) groups is 1. The molecule has 0 spiro atoms.